The van der Waals surface area contributed by atoms with Gasteiger partial charge in [-0.25, -0.2) is 9.59 Å². The SMILES string of the molecule is C=C(C#N)C(=O)O.C=C(C#N)C(=O)O.CC(C)(CO)CO. The van der Waals surface area contributed by atoms with E-state index in [1.807, 2.05) is 0 Å². The number of aliphatic hydroxyl groups excluding tert-OH is 2. The Morgan fingerprint density at radius 2 is 1.19 bits per heavy atom. The van der Waals surface area contributed by atoms with E-state index in [0.29, 0.717) is 0 Å². The largest absolute Gasteiger partial charge is 0.477 e. The van der Waals surface area contributed by atoms with Gasteiger partial charge < -0.3 is 20.4 Å². The van der Waals surface area contributed by atoms with Crippen LogP contribution in [0.1, 0.15) is 13.8 Å². The molecule has 0 aromatic rings. The number of aliphatic hydroxyl groups is 2. The molecule has 0 amide bonds. The molecule has 0 bridgehead atoms. The minimum Gasteiger partial charge on any atom is -0.477 e. The summed E-state index contributed by atoms with van der Waals surface area (Å²) in [6.45, 7) is 9.51. The van der Waals surface area contributed by atoms with Crippen molar-refractivity contribution < 1.29 is 30.0 Å². The Morgan fingerprint density at radius 1 is 0.952 bits per heavy atom. The summed E-state index contributed by atoms with van der Waals surface area (Å²) in [4.78, 5) is 19.2. The zero-order chi connectivity index (χ0) is 17.6. The summed E-state index contributed by atoms with van der Waals surface area (Å²) < 4.78 is 0. The second kappa shape index (κ2) is 12.4. The van der Waals surface area contributed by atoms with Gasteiger partial charge in [-0.1, -0.05) is 27.0 Å². The normalized spacial score (nSPS) is 8.48. The molecule has 0 aliphatic heterocycles. The van der Waals surface area contributed by atoms with E-state index in [4.69, 9.17) is 30.9 Å². The Morgan fingerprint density at radius 3 is 1.19 bits per heavy atom. The first kappa shape index (κ1) is 23.4. The standard InChI is InChI=1S/C5H12O2.2C4H3NO2/c1-5(2,3-6)4-7;2*1-3(2-5)4(6)7/h6-7H,3-4H2,1-2H3;2*1H2,(H,6,7). The fourth-order valence-electron chi connectivity index (χ4n) is 0.146. The summed E-state index contributed by atoms with van der Waals surface area (Å²) in [5.74, 6) is -2.52. The lowest BCUT2D eigenvalue weighted by Crippen LogP contribution is -2.20. The minimum atomic E-state index is -1.26. The van der Waals surface area contributed by atoms with Crippen molar-refractivity contribution in [3.8, 4) is 12.1 Å². The average molecular weight is 298 g/mol. The molecule has 8 heteroatoms. The maximum Gasteiger partial charge on any atom is 0.345 e. The number of hydrogen-bond donors (Lipinski definition) is 4. The highest BCUT2D eigenvalue weighted by Crippen LogP contribution is 2.10. The number of rotatable bonds is 4. The highest BCUT2D eigenvalue weighted by atomic mass is 16.4. The predicted octanol–water partition coefficient (Wildman–Crippen LogP) is 0.299. The summed E-state index contributed by atoms with van der Waals surface area (Å²) in [5.41, 5.74) is -1.17. The number of carboxylic acid groups (broad SMARTS) is 2. The number of hydrogen-bond acceptors (Lipinski definition) is 6. The summed E-state index contributed by atoms with van der Waals surface area (Å²) in [5, 5.41) is 48.1. The van der Waals surface area contributed by atoms with Crippen molar-refractivity contribution in [1.82, 2.24) is 0 Å². The monoisotopic (exact) mass is 298 g/mol. The van der Waals surface area contributed by atoms with Gasteiger partial charge in [-0.2, -0.15) is 10.5 Å². The molecule has 0 atom stereocenters. The second-order valence-electron chi connectivity index (χ2n) is 4.27. The van der Waals surface area contributed by atoms with Crippen LogP contribution in [0, 0.1) is 28.1 Å². The Kier molecular flexibility index (Phi) is 13.8. The van der Waals surface area contributed by atoms with Crippen LogP contribution in [-0.4, -0.2) is 45.6 Å². The van der Waals surface area contributed by atoms with Gasteiger partial charge in [-0.05, 0) is 0 Å². The number of nitrogens with zero attached hydrogens (tertiary/aromatic N) is 2. The predicted molar refractivity (Wildman–Crippen MR) is 72.7 cm³/mol. The molecule has 8 nitrogen and oxygen atoms in total. The van der Waals surface area contributed by atoms with E-state index in [1.54, 1.807) is 13.8 Å². The smallest absolute Gasteiger partial charge is 0.345 e. The topological polar surface area (TPSA) is 163 Å². The number of carboxylic acids is 2. The van der Waals surface area contributed by atoms with Crippen LogP contribution in [0.5, 0.6) is 0 Å². The number of aliphatic carboxylic acids is 2. The third-order valence-electron chi connectivity index (χ3n) is 1.64. The van der Waals surface area contributed by atoms with Crippen LogP contribution in [0.25, 0.3) is 0 Å². The van der Waals surface area contributed by atoms with Crippen LogP contribution in [0.2, 0.25) is 0 Å². The maximum absolute atomic E-state index is 9.61. The summed E-state index contributed by atoms with van der Waals surface area (Å²) in [7, 11) is 0. The lowest BCUT2D eigenvalue weighted by atomic mass is 9.97. The number of nitriles is 2. The van der Waals surface area contributed by atoms with Gasteiger partial charge in [0.05, 0.1) is 13.2 Å². The molecule has 116 valence electrons. The van der Waals surface area contributed by atoms with E-state index in [-0.39, 0.29) is 18.6 Å². The molecule has 0 aliphatic carbocycles. The maximum atomic E-state index is 9.61. The fourth-order valence-corrected chi connectivity index (χ4v) is 0.146. The third-order valence-corrected chi connectivity index (χ3v) is 1.64. The van der Waals surface area contributed by atoms with Crippen LogP contribution in [-0.2, 0) is 9.59 Å². The van der Waals surface area contributed by atoms with E-state index in [0.717, 1.165) is 0 Å². The molecular weight excluding hydrogens is 280 g/mol. The van der Waals surface area contributed by atoms with Crippen molar-refractivity contribution in [2.45, 2.75) is 13.8 Å². The van der Waals surface area contributed by atoms with Gasteiger partial charge in [0.25, 0.3) is 0 Å². The fraction of sp³-hybridized carbons (Fsp3) is 0.385. The van der Waals surface area contributed by atoms with Crippen molar-refractivity contribution in [3.05, 3.63) is 24.3 Å². The molecule has 0 radical (unpaired) electrons. The van der Waals surface area contributed by atoms with Gasteiger partial charge in [0, 0.05) is 5.41 Å². The Hall–Kier alpha value is -2.68. The first-order chi connectivity index (χ1) is 9.48. The quantitative estimate of drug-likeness (QED) is 0.425. The molecule has 0 aliphatic rings. The van der Waals surface area contributed by atoms with Crippen LogP contribution < -0.4 is 0 Å². The summed E-state index contributed by atoms with van der Waals surface area (Å²) in [6, 6.07) is 2.74. The summed E-state index contributed by atoms with van der Waals surface area (Å²) >= 11 is 0. The van der Waals surface area contributed by atoms with E-state index >= 15 is 0 Å². The van der Waals surface area contributed by atoms with E-state index in [2.05, 4.69) is 13.2 Å². The molecule has 0 rings (SSSR count). The zero-order valence-electron chi connectivity index (χ0n) is 11.8. The van der Waals surface area contributed by atoms with Crippen molar-refractivity contribution in [2.75, 3.05) is 13.2 Å². The molecule has 0 aromatic carbocycles. The van der Waals surface area contributed by atoms with Gasteiger partial charge in [-0.15, -0.1) is 0 Å². The Labute approximate surface area is 122 Å². The van der Waals surface area contributed by atoms with Gasteiger partial charge in [0.2, 0.25) is 0 Å². The average Bonchev–Trinajstić information content (AvgIpc) is 2.46. The van der Waals surface area contributed by atoms with Crippen LogP contribution in [0.4, 0.5) is 0 Å². The lowest BCUT2D eigenvalue weighted by Gasteiger charge is -2.16. The van der Waals surface area contributed by atoms with Gasteiger partial charge in [0.1, 0.15) is 23.3 Å². The zero-order valence-corrected chi connectivity index (χ0v) is 11.8. The second-order valence-corrected chi connectivity index (χ2v) is 4.27. The third kappa shape index (κ3) is 17.3. The highest BCUT2D eigenvalue weighted by molar-refractivity contribution is 5.90. The highest BCUT2D eigenvalue weighted by Gasteiger charge is 2.13. The van der Waals surface area contributed by atoms with Crippen LogP contribution >= 0.6 is 0 Å². The minimum absolute atomic E-state index is 0.0451. The molecule has 0 heterocycles. The van der Waals surface area contributed by atoms with Crippen molar-refractivity contribution in [3.63, 3.8) is 0 Å². The first-order valence-electron chi connectivity index (χ1n) is 5.35. The summed E-state index contributed by atoms with van der Waals surface area (Å²) in [6.07, 6.45) is 0. The van der Waals surface area contributed by atoms with Gasteiger partial charge in [-0.3, -0.25) is 0 Å². The molecule has 4 N–H and O–H groups in total. The van der Waals surface area contributed by atoms with E-state index < -0.39 is 23.1 Å². The Bertz CT molecular complexity index is 426. The van der Waals surface area contributed by atoms with Crippen molar-refractivity contribution >= 4 is 11.9 Å². The van der Waals surface area contributed by atoms with E-state index in [9.17, 15) is 9.59 Å². The van der Waals surface area contributed by atoms with Gasteiger partial charge in [0.15, 0.2) is 0 Å². The molecule has 0 spiro atoms. The molecule has 0 saturated heterocycles. The van der Waals surface area contributed by atoms with Crippen LogP contribution in [0.3, 0.4) is 0 Å². The first-order valence-corrected chi connectivity index (χ1v) is 5.35. The van der Waals surface area contributed by atoms with Crippen molar-refractivity contribution in [1.29, 1.82) is 10.5 Å². The van der Waals surface area contributed by atoms with Gasteiger partial charge >= 0.3 is 11.9 Å². The van der Waals surface area contributed by atoms with Crippen LogP contribution in [0.15, 0.2) is 24.3 Å². The lowest BCUT2D eigenvalue weighted by molar-refractivity contribution is -0.133. The molecule has 21 heavy (non-hydrogen) atoms. The molecule has 0 unspecified atom stereocenters. The molecule has 0 aromatic heterocycles. The Balaban J connectivity index is -0.000000231. The number of carbonyl (C=O) groups is 2. The molecule has 0 saturated carbocycles. The van der Waals surface area contributed by atoms with E-state index in [1.165, 1.54) is 12.1 Å². The molecular formula is C13H18N2O6. The molecule has 0 fully saturated rings. The van der Waals surface area contributed by atoms with Crippen molar-refractivity contribution in [2.24, 2.45) is 5.41 Å².